The van der Waals surface area contributed by atoms with Gasteiger partial charge in [-0.3, -0.25) is 4.99 Å². The minimum Gasteiger partial charge on any atom is -0.327 e. The Morgan fingerprint density at radius 2 is 2.44 bits per heavy atom. The minimum absolute atomic E-state index is 0.530. The number of halogens is 1. The van der Waals surface area contributed by atoms with E-state index in [2.05, 4.69) is 27.6 Å². The molecule has 0 aliphatic carbocycles. The zero-order valence-electron chi connectivity index (χ0n) is 5.05. The minimum atomic E-state index is 0.530. The number of nitrogens with two attached hydrogens (primary N) is 1. The average molecular weight is 189 g/mol. The first-order valence-electron chi connectivity index (χ1n) is 2.49. The molecule has 0 radical (unpaired) electrons. The van der Waals surface area contributed by atoms with E-state index in [1.165, 1.54) is 0 Å². The van der Waals surface area contributed by atoms with Crippen molar-refractivity contribution in [2.24, 2.45) is 10.7 Å². The summed E-state index contributed by atoms with van der Waals surface area (Å²) in [5, 5.41) is 0. The summed E-state index contributed by atoms with van der Waals surface area (Å²) in [5.41, 5.74) is 5.21. The molecule has 9 heavy (non-hydrogen) atoms. The van der Waals surface area contributed by atoms with E-state index in [1.807, 2.05) is 6.08 Å². The number of nitrogens with zero attached hydrogens (tertiary/aromatic N) is 1. The van der Waals surface area contributed by atoms with Gasteiger partial charge < -0.3 is 5.73 Å². The first-order valence-corrected chi connectivity index (χ1v) is 3.28. The predicted molar refractivity (Wildman–Crippen MR) is 44.8 cm³/mol. The molecular weight excluding hydrogens is 180 g/mol. The largest absolute Gasteiger partial charge is 0.327 e. The lowest BCUT2D eigenvalue weighted by Crippen LogP contribution is -1.92. The zero-order valence-corrected chi connectivity index (χ0v) is 6.63. The average Bonchev–Trinajstić information content (AvgIpc) is 1.85. The summed E-state index contributed by atoms with van der Waals surface area (Å²) in [6.45, 7) is 3.81. The lowest BCUT2D eigenvalue weighted by molar-refractivity contribution is 1.25. The van der Waals surface area contributed by atoms with Crippen molar-refractivity contribution in [3.05, 3.63) is 22.8 Å². The van der Waals surface area contributed by atoms with E-state index in [-0.39, 0.29) is 0 Å². The number of hydrogen-bond acceptors (Lipinski definition) is 2. The first kappa shape index (κ1) is 8.59. The van der Waals surface area contributed by atoms with Crippen molar-refractivity contribution in [1.29, 1.82) is 0 Å². The van der Waals surface area contributed by atoms with Crippen molar-refractivity contribution in [3.8, 4) is 0 Å². The Morgan fingerprint density at radius 1 is 1.78 bits per heavy atom. The molecule has 0 spiro atoms. The predicted octanol–water partition coefficient (Wildman–Crippen LogP) is 1.44. The lowest BCUT2D eigenvalue weighted by atomic mass is 10.5. The molecule has 0 aliphatic heterocycles. The van der Waals surface area contributed by atoms with Gasteiger partial charge in [0.2, 0.25) is 0 Å². The molecule has 50 valence electrons. The van der Waals surface area contributed by atoms with Gasteiger partial charge in [0, 0.05) is 17.2 Å². The lowest BCUT2D eigenvalue weighted by Gasteiger charge is -1.83. The maximum atomic E-state index is 5.21. The SMILES string of the molecule is C=N/C=C\C(Br)=C/CN. The topological polar surface area (TPSA) is 38.4 Å². The molecule has 0 aliphatic rings. The number of allylic oxidation sites excluding steroid dienone is 2. The van der Waals surface area contributed by atoms with Crippen LogP contribution >= 0.6 is 15.9 Å². The van der Waals surface area contributed by atoms with Gasteiger partial charge in [0.05, 0.1) is 0 Å². The van der Waals surface area contributed by atoms with Crippen LogP contribution < -0.4 is 5.73 Å². The summed E-state index contributed by atoms with van der Waals surface area (Å²) in [4.78, 5) is 3.52. The molecule has 0 saturated heterocycles. The fourth-order valence-corrected chi connectivity index (χ4v) is 0.610. The van der Waals surface area contributed by atoms with Crippen LogP contribution in [0.4, 0.5) is 0 Å². The third-order valence-corrected chi connectivity index (χ3v) is 1.24. The van der Waals surface area contributed by atoms with Crippen LogP contribution in [0.25, 0.3) is 0 Å². The van der Waals surface area contributed by atoms with E-state index in [0.717, 1.165) is 4.48 Å². The Hall–Kier alpha value is -0.410. The van der Waals surface area contributed by atoms with Crippen molar-refractivity contribution in [2.45, 2.75) is 0 Å². The Morgan fingerprint density at radius 3 is 2.89 bits per heavy atom. The van der Waals surface area contributed by atoms with Gasteiger partial charge in [-0.1, -0.05) is 22.0 Å². The van der Waals surface area contributed by atoms with Gasteiger partial charge in [0.15, 0.2) is 0 Å². The molecule has 0 unspecified atom stereocenters. The Bertz CT molecular complexity index is 138. The summed E-state index contributed by atoms with van der Waals surface area (Å²) < 4.78 is 0.928. The molecular formula is C6H9BrN2. The highest BCUT2D eigenvalue weighted by Gasteiger charge is 1.77. The normalized spacial score (nSPS) is 12.4. The molecule has 0 aromatic rings. The van der Waals surface area contributed by atoms with E-state index in [9.17, 15) is 0 Å². The van der Waals surface area contributed by atoms with Crippen molar-refractivity contribution in [1.82, 2.24) is 0 Å². The van der Waals surface area contributed by atoms with Crippen LogP contribution in [0.15, 0.2) is 27.8 Å². The van der Waals surface area contributed by atoms with Crippen LogP contribution in [0.3, 0.4) is 0 Å². The smallest absolute Gasteiger partial charge is 0.0271 e. The summed E-state index contributed by atoms with van der Waals surface area (Å²) in [5.74, 6) is 0. The summed E-state index contributed by atoms with van der Waals surface area (Å²) in [7, 11) is 0. The van der Waals surface area contributed by atoms with E-state index >= 15 is 0 Å². The molecule has 3 heteroatoms. The fraction of sp³-hybridized carbons (Fsp3) is 0.167. The molecule has 0 bridgehead atoms. The third kappa shape index (κ3) is 5.46. The molecule has 0 amide bonds. The van der Waals surface area contributed by atoms with Gasteiger partial charge >= 0.3 is 0 Å². The van der Waals surface area contributed by atoms with Gasteiger partial charge in [-0.15, -0.1) is 0 Å². The van der Waals surface area contributed by atoms with Gasteiger partial charge in [-0.25, -0.2) is 0 Å². The third-order valence-electron chi connectivity index (χ3n) is 0.652. The summed E-state index contributed by atoms with van der Waals surface area (Å²) in [6, 6.07) is 0. The molecule has 0 saturated carbocycles. The molecule has 0 aromatic heterocycles. The maximum Gasteiger partial charge on any atom is 0.0271 e. The van der Waals surface area contributed by atoms with Crippen molar-refractivity contribution in [3.63, 3.8) is 0 Å². The molecule has 0 heterocycles. The maximum absolute atomic E-state index is 5.21. The van der Waals surface area contributed by atoms with Crippen LogP contribution in [0.1, 0.15) is 0 Å². The molecule has 0 rings (SSSR count). The van der Waals surface area contributed by atoms with Gasteiger partial charge in [0.1, 0.15) is 0 Å². The van der Waals surface area contributed by atoms with Crippen LogP contribution in [-0.4, -0.2) is 13.3 Å². The monoisotopic (exact) mass is 188 g/mol. The number of rotatable bonds is 3. The number of aliphatic imine (C=N–C) groups is 1. The van der Waals surface area contributed by atoms with Crippen LogP contribution in [0.5, 0.6) is 0 Å². The highest BCUT2D eigenvalue weighted by molar-refractivity contribution is 9.11. The Kier molecular flexibility index (Phi) is 5.46. The zero-order chi connectivity index (χ0) is 7.11. The van der Waals surface area contributed by atoms with E-state index in [4.69, 9.17) is 5.73 Å². The van der Waals surface area contributed by atoms with Crippen LogP contribution in [-0.2, 0) is 0 Å². The van der Waals surface area contributed by atoms with E-state index in [0.29, 0.717) is 6.54 Å². The molecule has 0 atom stereocenters. The van der Waals surface area contributed by atoms with Gasteiger partial charge in [0.25, 0.3) is 0 Å². The van der Waals surface area contributed by atoms with Crippen LogP contribution in [0.2, 0.25) is 0 Å². The summed E-state index contributed by atoms with van der Waals surface area (Å²) in [6.07, 6.45) is 5.21. The highest BCUT2D eigenvalue weighted by Crippen LogP contribution is 2.04. The number of hydrogen-bond donors (Lipinski definition) is 1. The van der Waals surface area contributed by atoms with Crippen molar-refractivity contribution < 1.29 is 0 Å². The fourth-order valence-electron chi connectivity index (χ4n) is 0.305. The summed E-state index contributed by atoms with van der Waals surface area (Å²) >= 11 is 3.25. The van der Waals surface area contributed by atoms with E-state index < -0.39 is 0 Å². The molecule has 0 fully saturated rings. The second-order valence-electron chi connectivity index (χ2n) is 1.32. The second kappa shape index (κ2) is 5.72. The van der Waals surface area contributed by atoms with Gasteiger partial charge in [-0.2, -0.15) is 0 Å². The molecule has 2 nitrogen and oxygen atoms in total. The Labute approximate surface area is 63.3 Å². The molecule has 2 N–H and O–H groups in total. The standard InChI is InChI=1S/C6H9BrN2/c1-9-5-3-6(7)2-4-8/h2-3,5H,1,4,8H2/b5-3-,6-2+. The highest BCUT2D eigenvalue weighted by atomic mass is 79.9. The van der Waals surface area contributed by atoms with Gasteiger partial charge in [-0.05, 0) is 12.8 Å². The van der Waals surface area contributed by atoms with Crippen molar-refractivity contribution in [2.75, 3.05) is 6.54 Å². The van der Waals surface area contributed by atoms with E-state index in [1.54, 1.807) is 12.3 Å². The van der Waals surface area contributed by atoms with Crippen molar-refractivity contribution >= 4 is 22.6 Å². The second-order valence-corrected chi connectivity index (χ2v) is 2.24. The Balaban J connectivity index is 3.74. The van der Waals surface area contributed by atoms with Crippen LogP contribution in [0, 0.1) is 0 Å². The first-order chi connectivity index (χ1) is 4.31. The molecule has 0 aromatic carbocycles. The quantitative estimate of drug-likeness (QED) is 0.529.